The van der Waals surface area contributed by atoms with E-state index in [2.05, 4.69) is 11.4 Å². The highest BCUT2D eigenvalue weighted by Crippen LogP contribution is 2.52. The Hall–Kier alpha value is -2.42. The topological polar surface area (TPSA) is 46.2 Å². The SMILES string of the molecule is O=C(c1ccccc1)C1c2ccccc2C[C@]12CCCNC2=O. The number of fused-ring (bicyclic) bond motifs is 1. The summed E-state index contributed by atoms with van der Waals surface area (Å²) in [5, 5.41) is 2.99. The van der Waals surface area contributed by atoms with E-state index in [-0.39, 0.29) is 17.6 Å². The average molecular weight is 305 g/mol. The van der Waals surface area contributed by atoms with E-state index < -0.39 is 5.41 Å². The van der Waals surface area contributed by atoms with Crippen molar-refractivity contribution in [2.45, 2.75) is 25.2 Å². The second-order valence-corrected chi connectivity index (χ2v) is 6.55. The largest absolute Gasteiger partial charge is 0.356 e. The first-order valence-corrected chi connectivity index (χ1v) is 8.18. The quantitative estimate of drug-likeness (QED) is 0.867. The fraction of sp³-hybridized carbons (Fsp3) is 0.300. The molecule has 2 atom stereocenters. The average Bonchev–Trinajstić information content (AvgIpc) is 2.92. The number of hydrogen-bond acceptors (Lipinski definition) is 2. The number of rotatable bonds is 2. The summed E-state index contributed by atoms with van der Waals surface area (Å²) in [5.74, 6) is -0.275. The van der Waals surface area contributed by atoms with Crippen LogP contribution in [0.1, 0.15) is 40.2 Å². The van der Waals surface area contributed by atoms with Gasteiger partial charge in [0.05, 0.1) is 11.3 Å². The molecule has 0 saturated carbocycles. The van der Waals surface area contributed by atoms with E-state index in [1.807, 2.05) is 48.5 Å². The summed E-state index contributed by atoms with van der Waals surface area (Å²) >= 11 is 0. The molecule has 116 valence electrons. The smallest absolute Gasteiger partial charge is 0.227 e. The van der Waals surface area contributed by atoms with Crippen molar-refractivity contribution in [3.63, 3.8) is 0 Å². The van der Waals surface area contributed by atoms with Crippen molar-refractivity contribution in [2.24, 2.45) is 5.41 Å². The van der Waals surface area contributed by atoms with Crippen LogP contribution in [0.15, 0.2) is 54.6 Å². The van der Waals surface area contributed by atoms with Crippen LogP contribution in [0.3, 0.4) is 0 Å². The monoisotopic (exact) mass is 305 g/mol. The molecular weight excluding hydrogens is 286 g/mol. The van der Waals surface area contributed by atoms with Gasteiger partial charge in [-0.3, -0.25) is 9.59 Å². The lowest BCUT2D eigenvalue weighted by atomic mass is 9.68. The first-order valence-electron chi connectivity index (χ1n) is 8.18. The number of benzene rings is 2. The molecule has 1 spiro atoms. The Morgan fingerprint density at radius 2 is 1.78 bits per heavy atom. The highest BCUT2D eigenvalue weighted by atomic mass is 16.2. The van der Waals surface area contributed by atoms with Gasteiger partial charge in [0, 0.05) is 12.1 Å². The van der Waals surface area contributed by atoms with Gasteiger partial charge in [-0.1, -0.05) is 54.6 Å². The molecule has 3 heteroatoms. The first kappa shape index (κ1) is 14.2. The van der Waals surface area contributed by atoms with Crippen LogP contribution >= 0.6 is 0 Å². The van der Waals surface area contributed by atoms with Gasteiger partial charge in [0.1, 0.15) is 0 Å². The van der Waals surface area contributed by atoms with Crippen molar-refractivity contribution in [3.05, 3.63) is 71.3 Å². The highest BCUT2D eigenvalue weighted by Gasteiger charge is 2.55. The molecule has 1 N–H and O–H groups in total. The predicted octanol–water partition coefficient (Wildman–Crippen LogP) is 3.11. The van der Waals surface area contributed by atoms with Gasteiger partial charge in [0.2, 0.25) is 5.91 Å². The third kappa shape index (κ3) is 2.11. The van der Waals surface area contributed by atoms with E-state index in [0.717, 1.165) is 24.0 Å². The molecule has 0 radical (unpaired) electrons. The predicted molar refractivity (Wildman–Crippen MR) is 88.3 cm³/mol. The van der Waals surface area contributed by atoms with Gasteiger partial charge in [-0.15, -0.1) is 0 Å². The maximum atomic E-state index is 13.2. The Labute approximate surface area is 135 Å². The van der Waals surface area contributed by atoms with E-state index in [9.17, 15) is 9.59 Å². The fourth-order valence-electron chi connectivity index (χ4n) is 4.22. The summed E-state index contributed by atoms with van der Waals surface area (Å²) in [7, 11) is 0. The van der Waals surface area contributed by atoms with Crippen molar-refractivity contribution in [1.29, 1.82) is 0 Å². The van der Waals surface area contributed by atoms with Crippen LogP contribution in [-0.2, 0) is 11.2 Å². The molecule has 2 aromatic rings. The van der Waals surface area contributed by atoms with Gasteiger partial charge in [-0.05, 0) is 30.4 Å². The van der Waals surface area contributed by atoms with Gasteiger partial charge in [-0.25, -0.2) is 0 Å². The zero-order valence-electron chi connectivity index (χ0n) is 12.9. The van der Waals surface area contributed by atoms with E-state index in [1.54, 1.807) is 0 Å². The number of hydrogen-bond donors (Lipinski definition) is 1. The number of piperidine rings is 1. The van der Waals surface area contributed by atoms with Crippen LogP contribution in [0.2, 0.25) is 0 Å². The second kappa shape index (κ2) is 5.34. The lowest BCUT2D eigenvalue weighted by Gasteiger charge is -2.37. The molecule has 4 rings (SSSR count). The molecule has 3 nitrogen and oxygen atoms in total. The minimum Gasteiger partial charge on any atom is -0.356 e. The molecule has 0 bridgehead atoms. The third-order valence-corrected chi connectivity index (χ3v) is 5.28. The van der Waals surface area contributed by atoms with Crippen LogP contribution in [0.4, 0.5) is 0 Å². The van der Waals surface area contributed by atoms with E-state index in [1.165, 1.54) is 0 Å². The van der Waals surface area contributed by atoms with Crippen molar-refractivity contribution in [2.75, 3.05) is 6.54 Å². The van der Waals surface area contributed by atoms with Crippen LogP contribution in [0.5, 0.6) is 0 Å². The molecular formula is C20H19NO2. The molecule has 1 unspecified atom stereocenters. The zero-order chi connectivity index (χ0) is 15.9. The highest BCUT2D eigenvalue weighted by molar-refractivity contribution is 6.06. The first-order chi connectivity index (χ1) is 11.2. The summed E-state index contributed by atoms with van der Waals surface area (Å²) in [5.41, 5.74) is 2.23. The number of ketones is 1. The summed E-state index contributed by atoms with van der Waals surface area (Å²) in [6.45, 7) is 0.711. The third-order valence-electron chi connectivity index (χ3n) is 5.28. The molecule has 23 heavy (non-hydrogen) atoms. The number of Topliss-reactive ketones (excluding diaryl/α,β-unsaturated/α-hetero) is 1. The second-order valence-electron chi connectivity index (χ2n) is 6.55. The number of carbonyl (C=O) groups excluding carboxylic acids is 2. The number of amides is 1. The van der Waals surface area contributed by atoms with Crippen LogP contribution < -0.4 is 5.32 Å². The molecule has 2 aliphatic rings. The van der Waals surface area contributed by atoms with Crippen molar-refractivity contribution < 1.29 is 9.59 Å². The Balaban J connectivity index is 1.85. The Bertz CT molecular complexity index is 768. The van der Waals surface area contributed by atoms with Crippen LogP contribution in [0, 0.1) is 5.41 Å². The Morgan fingerprint density at radius 3 is 2.57 bits per heavy atom. The van der Waals surface area contributed by atoms with Gasteiger partial charge in [0.25, 0.3) is 0 Å². The summed E-state index contributed by atoms with van der Waals surface area (Å²) < 4.78 is 0. The van der Waals surface area contributed by atoms with E-state index in [0.29, 0.717) is 18.5 Å². The van der Waals surface area contributed by atoms with Gasteiger partial charge >= 0.3 is 0 Å². The minimum atomic E-state index is -0.616. The maximum absolute atomic E-state index is 13.2. The molecule has 0 aromatic heterocycles. The van der Waals surface area contributed by atoms with Crippen molar-refractivity contribution >= 4 is 11.7 Å². The van der Waals surface area contributed by atoms with Gasteiger partial charge in [-0.2, -0.15) is 0 Å². The lowest BCUT2D eigenvalue weighted by Crippen LogP contribution is -2.50. The van der Waals surface area contributed by atoms with Crippen molar-refractivity contribution in [1.82, 2.24) is 5.32 Å². The molecule has 1 aliphatic carbocycles. The maximum Gasteiger partial charge on any atom is 0.227 e. The van der Waals surface area contributed by atoms with Crippen LogP contribution in [-0.4, -0.2) is 18.2 Å². The van der Waals surface area contributed by atoms with Gasteiger partial charge in [0.15, 0.2) is 5.78 Å². The Morgan fingerprint density at radius 1 is 1.04 bits per heavy atom. The standard InChI is InChI=1S/C20H19NO2/c22-18(14-7-2-1-3-8-14)17-16-10-5-4-9-15(16)13-20(17)11-6-12-21-19(20)23/h1-5,7-10,17H,6,11-13H2,(H,21,23)/t17?,20-/m1/s1. The molecule has 1 saturated heterocycles. The van der Waals surface area contributed by atoms with Crippen LogP contribution in [0.25, 0.3) is 0 Å². The molecule has 1 aliphatic heterocycles. The lowest BCUT2D eigenvalue weighted by molar-refractivity contribution is -0.133. The molecule has 2 aromatic carbocycles. The Kier molecular flexibility index (Phi) is 3.29. The van der Waals surface area contributed by atoms with Gasteiger partial charge < -0.3 is 5.32 Å². The van der Waals surface area contributed by atoms with E-state index in [4.69, 9.17) is 0 Å². The molecule has 1 fully saturated rings. The summed E-state index contributed by atoms with van der Waals surface area (Å²) in [6.07, 6.45) is 2.37. The minimum absolute atomic E-state index is 0.0363. The normalized spacial score (nSPS) is 25.9. The van der Waals surface area contributed by atoms with E-state index >= 15 is 0 Å². The number of carbonyl (C=O) groups is 2. The van der Waals surface area contributed by atoms with Crippen molar-refractivity contribution in [3.8, 4) is 0 Å². The molecule has 1 heterocycles. The number of nitrogens with one attached hydrogen (secondary N) is 1. The molecule has 1 amide bonds. The fourth-order valence-corrected chi connectivity index (χ4v) is 4.22. The summed E-state index contributed by atoms with van der Waals surface area (Å²) in [6, 6.07) is 17.4. The zero-order valence-corrected chi connectivity index (χ0v) is 12.9. The summed E-state index contributed by atoms with van der Waals surface area (Å²) in [4.78, 5) is 26.0.